The highest BCUT2D eigenvalue weighted by Crippen LogP contribution is 2.30. The lowest BCUT2D eigenvalue weighted by Crippen LogP contribution is -2.04. The first-order chi connectivity index (χ1) is 13.7. The molecule has 1 aromatic carbocycles. The summed E-state index contributed by atoms with van der Waals surface area (Å²) in [4.78, 5) is 11.9. The van der Waals surface area contributed by atoms with Crippen LogP contribution >= 0.6 is 0 Å². The van der Waals surface area contributed by atoms with Gasteiger partial charge in [-0.1, -0.05) is 65.4 Å². The number of carbonyl (C=O) groups excluding carboxylic acids is 1. The zero-order valence-electron chi connectivity index (χ0n) is 18.0. The molecule has 0 saturated heterocycles. The molecule has 0 heterocycles. The molecule has 0 radical (unpaired) electrons. The number of carbonyl (C=O) groups is 1. The summed E-state index contributed by atoms with van der Waals surface area (Å²) in [5.74, 6) is 1.16. The van der Waals surface area contributed by atoms with Crippen LogP contribution in [0, 0.1) is 0 Å². The topological polar surface area (TPSA) is 44.8 Å². The van der Waals surface area contributed by atoms with E-state index in [0.29, 0.717) is 19.8 Å². The molecule has 0 N–H and O–H groups in total. The molecule has 0 bridgehead atoms. The Balaban J connectivity index is 2.79. The molecule has 0 aromatic heterocycles. The second-order valence-corrected chi connectivity index (χ2v) is 6.99. The van der Waals surface area contributed by atoms with Gasteiger partial charge in [-0.05, 0) is 37.5 Å². The third-order valence-electron chi connectivity index (χ3n) is 4.37. The summed E-state index contributed by atoms with van der Waals surface area (Å²) < 4.78 is 17.1. The molecule has 0 saturated carbocycles. The predicted octanol–water partition coefficient (Wildman–Crippen LogP) is 6.57. The van der Waals surface area contributed by atoms with Crippen LogP contribution in [0.3, 0.4) is 0 Å². The van der Waals surface area contributed by atoms with Gasteiger partial charge >= 0.3 is 5.97 Å². The van der Waals surface area contributed by atoms with Crippen LogP contribution in [0.2, 0.25) is 0 Å². The van der Waals surface area contributed by atoms with Gasteiger partial charge in [0.2, 0.25) is 0 Å². The van der Waals surface area contributed by atoms with Gasteiger partial charge in [0.15, 0.2) is 0 Å². The average molecular weight is 391 g/mol. The molecular formula is C24H38O4. The van der Waals surface area contributed by atoms with E-state index in [1.807, 2.05) is 25.1 Å². The predicted molar refractivity (Wildman–Crippen MR) is 116 cm³/mol. The van der Waals surface area contributed by atoms with E-state index in [1.165, 1.54) is 44.6 Å². The van der Waals surface area contributed by atoms with Crippen LogP contribution < -0.4 is 9.47 Å². The maximum Gasteiger partial charge on any atom is 0.330 e. The van der Waals surface area contributed by atoms with Gasteiger partial charge in [-0.25, -0.2) is 4.79 Å². The van der Waals surface area contributed by atoms with Crippen molar-refractivity contribution in [3.05, 3.63) is 29.8 Å². The van der Waals surface area contributed by atoms with Gasteiger partial charge < -0.3 is 14.2 Å². The van der Waals surface area contributed by atoms with Gasteiger partial charge in [0.1, 0.15) is 11.5 Å². The number of hydrogen-bond acceptors (Lipinski definition) is 4. The minimum absolute atomic E-state index is 0.339. The Morgan fingerprint density at radius 1 is 0.786 bits per heavy atom. The number of ether oxygens (including phenoxy) is 3. The Hall–Kier alpha value is -1.97. The second-order valence-electron chi connectivity index (χ2n) is 6.99. The maximum absolute atomic E-state index is 11.9. The average Bonchev–Trinajstić information content (AvgIpc) is 2.71. The summed E-state index contributed by atoms with van der Waals surface area (Å²) in [5.41, 5.74) is 0.807. The minimum atomic E-state index is -0.339. The zero-order valence-corrected chi connectivity index (χ0v) is 18.0. The van der Waals surface area contributed by atoms with E-state index < -0.39 is 0 Å². The zero-order chi connectivity index (χ0) is 20.5. The van der Waals surface area contributed by atoms with E-state index in [4.69, 9.17) is 14.2 Å². The molecule has 0 atom stereocenters. The first-order valence-electron chi connectivity index (χ1n) is 11.0. The fourth-order valence-electron chi connectivity index (χ4n) is 2.76. The summed E-state index contributed by atoms with van der Waals surface area (Å²) in [5, 5.41) is 0. The lowest BCUT2D eigenvalue weighted by atomic mass is 10.1. The van der Waals surface area contributed by atoms with Gasteiger partial charge in [0.25, 0.3) is 0 Å². The molecule has 1 rings (SSSR count). The van der Waals surface area contributed by atoms with Crippen molar-refractivity contribution in [2.24, 2.45) is 0 Å². The highest BCUT2D eigenvalue weighted by molar-refractivity contribution is 5.88. The first-order valence-corrected chi connectivity index (χ1v) is 11.0. The van der Waals surface area contributed by atoms with Crippen LogP contribution in [0.4, 0.5) is 0 Å². The molecule has 0 aliphatic heterocycles. The maximum atomic E-state index is 11.9. The summed E-state index contributed by atoms with van der Waals surface area (Å²) in [6.07, 6.45) is 13.3. The largest absolute Gasteiger partial charge is 0.493 e. The Labute approximate surface area is 171 Å². The molecule has 0 amide bonds. The summed E-state index contributed by atoms with van der Waals surface area (Å²) in [6, 6.07) is 5.80. The van der Waals surface area contributed by atoms with Crippen LogP contribution in [0.25, 0.3) is 6.08 Å². The van der Waals surface area contributed by atoms with Gasteiger partial charge in [0, 0.05) is 6.08 Å². The Morgan fingerprint density at radius 2 is 1.36 bits per heavy atom. The van der Waals surface area contributed by atoms with Crippen molar-refractivity contribution in [2.75, 3.05) is 19.8 Å². The number of unbranched alkanes of at least 4 members (excludes halogenated alkanes) is 6. The van der Waals surface area contributed by atoms with E-state index in [0.717, 1.165) is 36.3 Å². The summed E-state index contributed by atoms with van der Waals surface area (Å²) in [6.45, 7) is 8.14. The third kappa shape index (κ3) is 10.4. The Bertz CT molecular complexity index is 533. The summed E-state index contributed by atoms with van der Waals surface area (Å²) in [7, 11) is 0. The molecule has 1 aromatic rings. The Kier molecular flexibility index (Phi) is 13.8. The molecule has 0 unspecified atom stereocenters. The fraction of sp³-hybridized carbons (Fsp3) is 0.625. The molecule has 4 heteroatoms. The van der Waals surface area contributed by atoms with E-state index in [1.54, 1.807) is 6.08 Å². The SMILES string of the molecule is CCCCCCOc1cccc(OCCCCCC)c1C=CC(=O)OCCC. The van der Waals surface area contributed by atoms with Crippen LogP contribution in [-0.4, -0.2) is 25.8 Å². The van der Waals surface area contributed by atoms with E-state index in [-0.39, 0.29) is 5.97 Å². The number of esters is 1. The molecule has 0 aliphatic rings. The number of hydrogen-bond donors (Lipinski definition) is 0. The molecule has 28 heavy (non-hydrogen) atoms. The monoisotopic (exact) mass is 390 g/mol. The van der Waals surface area contributed by atoms with Crippen molar-refractivity contribution in [1.82, 2.24) is 0 Å². The van der Waals surface area contributed by atoms with Crippen molar-refractivity contribution in [2.45, 2.75) is 78.6 Å². The molecule has 158 valence electrons. The van der Waals surface area contributed by atoms with Crippen molar-refractivity contribution in [3.8, 4) is 11.5 Å². The highest BCUT2D eigenvalue weighted by Gasteiger charge is 2.10. The molecular weight excluding hydrogens is 352 g/mol. The van der Waals surface area contributed by atoms with Gasteiger partial charge in [0.05, 0.1) is 25.4 Å². The molecule has 0 spiro atoms. The lowest BCUT2D eigenvalue weighted by Gasteiger charge is -2.14. The first kappa shape index (κ1) is 24.1. The van der Waals surface area contributed by atoms with Crippen LogP contribution in [-0.2, 0) is 9.53 Å². The second kappa shape index (κ2) is 16.0. The standard InChI is InChI=1S/C24H38O4/c1-4-7-9-11-19-26-22-14-13-15-23(27-20-12-10-8-5-2)21(22)16-17-24(25)28-18-6-3/h13-17H,4-12,18-20H2,1-3H3. The Morgan fingerprint density at radius 3 is 1.86 bits per heavy atom. The quantitative estimate of drug-likeness (QED) is 0.182. The number of rotatable bonds is 16. The van der Waals surface area contributed by atoms with Crippen LogP contribution in [0.15, 0.2) is 24.3 Å². The molecule has 0 aliphatic carbocycles. The van der Waals surface area contributed by atoms with Crippen molar-refractivity contribution >= 4 is 12.0 Å². The van der Waals surface area contributed by atoms with Crippen molar-refractivity contribution in [3.63, 3.8) is 0 Å². The molecule has 0 fully saturated rings. The van der Waals surface area contributed by atoms with Crippen molar-refractivity contribution < 1.29 is 19.0 Å². The van der Waals surface area contributed by atoms with Gasteiger partial charge in [-0.2, -0.15) is 0 Å². The normalized spacial score (nSPS) is 11.0. The van der Waals surface area contributed by atoms with Crippen LogP contribution in [0.5, 0.6) is 11.5 Å². The summed E-state index contributed by atoms with van der Waals surface area (Å²) >= 11 is 0. The van der Waals surface area contributed by atoms with Crippen molar-refractivity contribution in [1.29, 1.82) is 0 Å². The highest BCUT2D eigenvalue weighted by atomic mass is 16.5. The fourth-order valence-corrected chi connectivity index (χ4v) is 2.76. The third-order valence-corrected chi connectivity index (χ3v) is 4.37. The minimum Gasteiger partial charge on any atom is -0.493 e. The smallest absolute Gasteiger partial charge is 0.330 e. The van der Waals surface area contributed by atoms with E-state index in [9.17, 15) is 4.79 Å². The lowest BCUT2D eigenvalue weighted by molar-refractivity contribution is -0.137. The van der Waals surface area contributed by atoms with Crippen LogP contribution in [0.1, 0.15) is 84.1 Å². The van der Waals surface area contributed by atoms with Gasteiger partial charge in [-0.15, -0.1) is 0 Å². The molecule has 4 nitrogen and oxygen atoms in total. The van der Waals surface area contributed by atoms with E-state index in [2.05, 4.69) is 13.8 Å². The van der Waals surface area contributed by atoms with E-state index >= 15 is 0 Å². The number of benzene rings is 1. The van der Waals surface area contributed by atoms with Gasteiger partial charge in [-0.3, -0.25) is 0 Å².